The maximum Gasteiger partial charge on any atom is 0.225 e. The number of likely N-dealkylation sites (tertiary alicyclic amines) is 1. The Morgan fingerprint density at radius 1 is 1.03 bits per heavy atom. The summed E-state index contributed by atoms with van der Waals surface area (Å²) in [7, 11) is 0. The smallest absolute Gasteiger partial charge is 0.225 e. The number of piperidine rings is 1. The zero-order valence-corrected chi connectivity index (χ0v) is 17.4. The van der Waals surface area contributed by atoms with E-state index in [4.69, 9.17) is 0 Å². The van der Waals surface area contributed by atoms with Crippen molar-refractivity contribution >= 4 is 11.8 Å². The lowest BCUT2D eigenvalue weighted by atomic mass is 9.95. The number of hydrogen-bond acceptors (Lipinski definition) is 3. The molecule has 0 atom stereocenters. The van der Waals surface area contributed by atoms with Crippen molar-refractivity contribution in [3.05, 3.63) is 47.3 Å². The third-order valence-corrected chi connectivity index (χ3v) is 6.01. The Hall–Kier alpha value is -2.63. The minimum atomic E-state index is 0.0339. The van der Waals surface area contributed by atoms with Crippen LogP contribution in [0.2, 0.25) is 0 Å². The second-order valence-electron chi connectivity index (χ2n) is 8.42. The van der Waals surface area contributed by atoms with Crippen molar-refractivity contribution in [3.8, 4) is 5.69 Å². The van der Waals surface area contributed by atoms with E-state index in [1.807, 2.05) is 16.5 Å². The fourth-order valence-electron chi connectivity index (χ4n) is 4.12. The SMILES string of the molecule is Cc1cc(C)n(-c2ccc(CCNC(=O)C3CCN(C(=O)C4CC4)CC3)cc2)n1. The first-order chi connectivity index (χ1) is 14.0. The van der Waals surface area contributed by atoms with E-state index in [1.54, 1.807) is 0 Å². The molecule has 1 saturated carbocycles. The number of amides is 2. The van der Waals surface area contributed by atoms with Crippen molar-refractivity contribution in [1.29, 1.82) is 0 Å². The lowest BCUT2D eigenvalue weighted by Gasteiger charge is -2.31. The van der Waals surface area contributed by atoms with Gasteiger partial charge in [0.1, 0.15) is 0 Å². The number of carbonyl (C=O) groups is 2. The molecule has 0 bridgehead atoms. The highest BCUT2D eigenvalue weighted by Gasteiger charge is 2.35. The maximum absolute atomic E-state index is 12.5. The van der Waals surface area contributed by atoms with E-state index < -0.39 is 0 Å². The molecule has 2 fully saturated rings. The third kappa shape index (κ3) is 4.69. The topological polar surface area (TPSA) is 67.2 Å². The van der Waals surface area contributed by atoms with Crippen LogP contribution in [-0.2, 0) is 16.0 Å². The first kappa shape index (κ1) is 19.7. The summed E-state index contributed by atoms with van der Waals surface area (Å²) in [5.74, 6) is 0.732. The molecular formula is C23H30N4O2. The Morgan fingerprint density at radius 3 is 2.31 bits per heavy atom. The second-order valence-corrected chi connectivity index (χ2v) is 8.42. The summed E-state index contributed by atoms with van der Waals surface area (Å²) in [4.78, 5) is 26.5. The number of rotatable bonds is 6. The summed E-state index contributed by atoms with van der Waals surface area (Å²) < 4.78 is 1.95. The third-order valence-electron chi connectivity index (χ3n) is 6.01. The summed E-state index contributed by atoms with van der Waals surface area (Å²) in [6.07, 6.45) is 4.45. The molecule has 2 amide bonds. The van der Waals surface area contributed by atoms with Crippen molar-refractivity contribution in [1.82, 2.24) is 20.0 Å². The monoisotopic (exact) mass is 394 g/mol. The van der Waals surface area contributed by atoms with Gasteiger partial charge in [-0.2, -0.15) is 5.10 Å². The average molecular weight is 395 g/mol. The molecule has 1 aromatic carbocycles. The molecule has 6 heteroatoms. The van der Waals surface area contributed by atoms with Gasteiger partial charge in [0.25, 0.3) is 0 Å². The van der Waals surface area contributed by atoms with Crippen LogP contribution in [0.25, 0.3) is 5.69 Å². The largest absolute Gasteiger partial charge is 0.356 e. The lowest BCUT2D eigenvalue weighted by molar-refractivity contribution is -0.136. The summed E-state index contributed by atoms with van der Waals surface area (Å²) >= 11 is 0. The van der Waals surface area contributed by atoms with E-state index in [0.29, 0.717) is 12.5 Å². The lowest BCUT2D eigenvalue weighted by Crippen LogP contribution is -2.43. The highest BCUT2D eigenvalue weighted by Crippen LogP contribution is 2.32. The predicted octanol–water partition coefficient (Wildman–Crippen LogP) is 2.80. The van der Waals surface area contributed by atoms with Gasteiger partial charge in [0.2, 0.25) is 11.8 Å². The van der Waals surface area contributed by atoms with E-state index in [0.717, 1.165) is 62.3 Å². The molecule has 4 rings (SSSR count). The van der Waals surface area contributed by atoms with Crippen LogP contribution in [0.5, 0.6) is 0 Å². The molecule has 0 radical (unpaired) electrons. The highest BCUT2D eigenvalue weighted by atomic mass is 16.2. The van der Waals surface area contributed by atoms with Gasteiger partial charge in [-0.05, 0) is 69.7 Å². The molecule has 29 heavy (non-hydrogen) atoms. The molecule has 1 saturated heterocycles. The summed E-state index contributed by atoms with van der Waals surface area (Å²) in [5.41, 5.74) is 4.38. The first-order valence-electron chi connectivity index (χ1n) is 10.7. The normalized spacial score (nSPS) is 17.4. The van der Waals surface area contributed by atoms with E-state index in [9.17, 15) is 9.59 Å². The highest BCUT2D eigenvalue weighted by molar-refractivity contribution is 5.82. The molecule has 154 valence electrons. The maximum atomic E-state index is 12.5. The van der Waals surface area contributed by atoms with E-state index >= 15 is 0 Å². The Labute approximate surface area is 172 Å². The molecular weight excluding hydrogens is 364 g/mol. The van der Waals surface area contributed by atoms with Crippen LogP contribution in [0.15, 0.2) is 30.3 Å². The van der Waals surface area contributed by atoms with Crippen molar-refractivity contribution in [2.24, 2.45) is 11.8 Å². The molecule has 2 heterocycles. The fourth-order valence-corrected chi connectivity index (χ4v) is 4.12. The molecule has 2 aliphatic rings. The van der Waals surface area contributed by atoms with Crippen LogP contribution >= 0.6 is 0 Å². The molecule has 1 aliphatic carbocycles. The number of nitrogens with zero attached hydrogens (tertiary/aromatic N) is 3. The number of hydrogen-bond donors (Lipinski definition) is 1. The van der Waals surface area contributed by atoms with Crippen molar-refractivity contribution in [2.75, 3.05) is 19.6 Å². The minimum Gasteiger partial charge on any atom is -0.356 e. The van der Waals surface area contributed by atoms with Crippen molar-refractivity contribution in [2.45, 2.75) is 46.0 Å². The quantitative estimate of drug-likeness (QED) is 0.819. The molecule has 2 aromatic rings. The number of benzene rings is 1. The molecule has 1 N–H and O–H groups in total. The van der Waals surface area contributed by atoms with Crippen LogP contribution in [0.4, 0.5) is 0 Å². The van der Waals surface area contributed by atoms with Gasteiger partial charge < -0.3 is 10.2 Å². The van der Waals surface area contributed by atoms with Crippen molar-refractivity contribution < 1.29 is 9.59 Å². The average Bonchev–Trinajstić information content (AvgIpc) is 3.52. The van der Waals surface area contributed by atoms with Gasteiger partial charge in [-0.25, -0.2) is 4.68 Å². The van der Waals surface area contributed by atoms with Crippen LogP contribution in [0, 0.1) is 25.7 Å². The minimum absolute atomic E-state index is 0.0339. The Balaban J connectivity index is 1.21. The van der Waals surface area contributed by atoms with Crippen LogP contribution in [-0.4, -0.2) is 46.1 Å². The summed E-state index contributed by atoms with van der Waals surface area (Å²) in [6.45, 7) is 6.13. The Morgan fingerprint density at radius 2 is 1.72 bits per heavy atom. The van der Waals surface area contributed by atoms with Crippen molar-refractivity contribution in [3.63, 3.8) is 0 Å². The zero-order chi connectivity index (χ0) is 20.4. The number of nitrogens with one attached hydrogen (secondary N) is 1. The summed E-state index contributed by atoms with van der Waals surface area (Å²) in [6, 6.07) is 10.4. The fraction of sp³-hybridized carbons (Fsp3) is 0.522. The van der Waals surface area contributed by atoms with Gasteiger partial charge >= 0.3 is 0 Å². The molecule has 0 spiro atoms. The number of aryl methyl sites for hydroxylation is 2. The molecule has 1 aromatic heterocycles. The Kier molecular flexibility index (Phi) is 5.69. The second kappa shape index (κ2) is 8.39. The molecule has 0 unspecified atom stereocenters. The van der Waals surface area contributed by atoms with Gasteiger partial charge in [0, 0.05) is 37.2 Å². The molecule has 1 aliphatic heterocycles. The molecule has 6 nitrogen and oxygen atoms in total. The van der Waals surface area contributed by atoms with Gasteiger partial charge in [-0.1, -0.05) is 12.1 Å². The van der Waals surface area contributed by atoms with Gasteiger partial charge in [-0.3, -0.25) is 9.59 Å². The number of aromatic nitrogens is 2. The van der Waals surface area contributed by atoms with Crippen LogP contribution < -0.4 is 5.32 Å². The van der Waals surface area contributed by atoms with E-state index in [2.05, 4.69) is 47.7 Å². The van der Waals surface area contributed by atoms with Crippen LogP contribution in [0.3, 0.4) is 0 Å². The first-order valence-corrected chi connectivity index (χ1v) is 10.7. The Bertz CT molecular complexity index is 875. The van der Waals surface area contributed by atoms with Gasteiger partial charge in [-0.15, -0.1) is 0 Å². The van der Waals surface area contributed by atoms with E-state index in [-0.39, 0.29) is 17.7 Å². The zero-order valence-electron chi connectivity index (χ0n) is 17.4. The van der Waals surface area contributed by atoms with E-state index in [1.165, 1.54) is 5.56 Å². The predicted molar refractivity (Wildman–Crippen MR) is 112 cm³/mol. The van der Waals surface area contributed by atoms with Crippen LogP contribution in [0.1, 0.15) is 42.6 Å². The number of carbonyl (C=O) groups excluding carboxylic acids is 2. The standard InChI is InChI=1S/C23H30N4O2/c1-16-15-17(2)27(25-16)21-7-3-18(4-8-21)9-12-24-22(28)19-10-13-26(14-11-19)23(29)20-5-6-20/h3-4,7-8,15,19-20H,5-6,9-14H2,1-2H3,(H,24,28). The van der Waals surface area contributed by atoms with Gasteiger partial charge in [0.05, 0.1) is 11.4 Å². The van der Waals surface area contributed by atoms with Gasteiger partial charge in [0.15, 0.2) is 0 Å². The summed E-state index contributed by atoms with van der Waals surface area (Å²) in [5, 5.41) is 7.59.